The number of amides is 1. The van der Waals surface area contributed by atoms with Gasteiger partial charge in [-0.05, 0) is 49.4 Å². The molecule has 3 rings (SSSR count). The molecule has 22 heavy (non-hydrogen) atoms. The van der Waals surface area contributed by atoms with Gasteiger partial charge in [0.25, 0.3) is 0 Å². The van der Waals surface area contributed by atoms with Crippen molar-refractivity contribution in [3.8, 4) is 0 Å². The first-order valence-electron chi connectivity index (χ1n) is 7.78. The Morgan fingerprint density at radius 1 is 1.18 bits per heavy atom. The molecule has 2 aromatic carbocycles. The largest absolute Gasteiger partial charge is 0.325 e. The normalized spacial score (nSPS) is 16.9. The molecule has 0 fully saturated rings. The second kappa shape index (κ2) is 7.01. The molecule has 1 aliphatic rings. The van der Waals surface area contributed by atoms with Crippen molar-refractivity contribution >= 4 is 23.4 Å². The fourth-order valence-corrected chi connectivity index (χ4v) is 4.06. The van der Waals surface area contributed by atoms with Gasteiger partial charge < -0.3 is 5.32 Å². The number of nitrogens with one attached hydrogen (secondary N) is 1. The molecule has 1 atom stereocenters. The maximum absolute atomic E-state index is 12.1. The van der Waals surface area contributed by atoms with Crippen molar-refractivity contribution in [3.63, 3.8) is 0 Å². The lowest BCUT2D eigenvalue weighted by Crippen LogP contribution is -2.16. The van der Waals surface area contributed by atoms with Crippen LogP contribution in [0.3, 0.4) is 0 Å². The SMILES string of the molecule is Cc1ccc(NC(=O)CSC2CCCc3ccccc32)cc1. The first-order chi connectivity index (χ1) is 10.7. The molecule has 0 aliphatic heterocycles. The Balaban J connectivity index is 1.56. The van der Waals surface area contributed by atoms with Gasteiger partial charge in [0.2, 0.25) is 5.91 Å². The summed E-state index contributed by atoms with van der Waals surface area (Å²) in [6, 6.07) is 16.6. The molecule has 0 saturated heterocycles. The Morgan fingerprint density at radius 3 is 2.77 bits per heavy atom. The summed E-state index contributed by atoms with van der Waals surface area (Å²) in [5.74, 6) is 0.587. The number of rotatable bonds is 4. The molecule has 2 nitrogen and oxygen atoms in total. The summed E-state index contributed by atoms with van der Waals surface area (Å²) < 4.78 is 0. The van der Waals surface area contributed by atoms with Gasteiger partial charge in [-0.2, -0.15) is 0 Å². The third-order valence-corrected chi connectivity index (χ3v) is 5.39. The maximum atomic E-state index is 12.1. The molecule has 2 aromatic rings. The molecule has 1 N–H and O–H groups in total. The number of aryl methyl sites for hydroxylation is 2. The first kappa shape index (κ1) is 15.2. The van der Waals surface area contributed by atoms with E-state index in [2.05, 4.69) is 29.6 Å². The summed E-state index contributed by atoms with van der Waals surface area (Å²) in [6.07, 6.45) is 3.55. The van der Waals surface area contributed by atoms with Gasteiger partial charge in [0.1, 0.15) is 0 Å². The third kappa shape index (κ3) is 3.72. The summed E-state index contributed by atoms with van der Waals surface area (Å²) >= 11 is 1.76. The van der Waals surface area contributed by atoms with Crippen LogP contribution in [0.5, 0.6) is 0 Å². The van der Waals surface area contributed by atoms with Crippen LogP contribution in [0.4, 0.5) is 5.69 Å². The molecule has 0 aromatic heterocycles. The monoisotopic (exact) mass is 311 g/mol. The van der Waals surface area contributed by atoms with Crippen LogP contribution in [0.2, 0.25) is 0 Å². The van der Waals surface area contributed by atoms with Crippen molar-refractivity contribution in [2.45, 2.75) is 31.4 Å². The molecule has 1 amide bonds. The summed E-state index contributed by atoms with van der Waals surface area (Å²) in [5, 5.41) is 3.43. The van der Waals surface area contributed by atoms with Crippen LogP contribution in [0, 0.1) is 6.92 Å². The topological polar surface area (TPSA) is 29.1 Å². The number of carbonyl (C=O) groups is 1. The summed E-state index contributed by atoms with van der Waals surface area (Å²) in [5.41, 5.74) is 4.94. The van der Waals surface area contributed by atoms with Gasteiger partial charge in [-0.25, -0.2) is 0 Å². The number of fused-ring (bicyclic) bond motifs is 1. The van der Waals surface area contributed by atoms with Crippen LogP contribution in [-0.4, -0.2) is 11.7 Å². The standard InChI is InChI=1S/C19H21NOS/c1-14-9-11-16(12-10-14)20-19(21)13-22-18-8-4-6-15-5-2-3-7-17(15)18/h2-3,5,7,9-12,18H,4,6,8,13H2,1H3,(H,20,21). The highest BCUT2D eigenvalue weighted by Crippen LogP contribution is 2.39. The van der Waals surface area contributed by atoms with Crippen molar-refractivity contribution < 1.29 is 4.79 Å². The molecule has 0 spiro atoms. The van der Waals surface area contributed by atoms with Crippen molar-refractivity contribution in [2.24, 2.45) is 0 Å². The van der Waals surface area contributed by atoms with Crippen LogP contribution >= 0.6 is 11.8 Å². The highest BCUT2D eigenvalue weighted by molar-refractivity contribution is 8.00. The molecule has 1 aliphatic carbocycles. The van der Waals surface area contributed by atoms with Crippen molar-refractivity contribution in [1.82, 2.24) is 0 Å². The van der Waals surface area contributed by atoms with Crippen LogP contribution in [0.15, 0.2) is 48.5 Å². The summed E-state index contributed by atoms with van der Waals surface area (Å²) in [4.78, 5) is 12.1. The minimum atomic E-state index is 0.0805. The predicted molar refractivity (Wildman–Crippen MR) is 94.4 cm³/mol. The van der Waals surface area contributed by atoms with E-state index < -0.39 is 0 Å². The van der Waals surface area contributed by atoms with E-state index in [0.717, 1.165) is 5.69 Å². The summed E-state index contributed by atoms with van der Waals surface area (Å²) in [7, 11) is 0. The molecular formula is C19H21NOS. The molecule has 0 saturated carbocycles. The maximum Gasteiger partial charge on any atom is 0.234 e. The Labute approximate surface area is 136 Å². The molecule has 3 heteroatoms. The van der Waals surface area contributed by atoms with Gasteiger partial charge in [0, 0.05) is 10.9 Å². The second-order valence-electron chi connectivity index (χ2n) is 5.80. The lowest BCUT2D eigenvalue weighted by molar-refractivity contribution is -0.113. The summed E-state index contributed by atoms with van der Waals surface area (Å²) in [6.45, 7) is 2.04. The van der Waals surface area contributed by atoms with Crippen molar-refractivity contribution in [2.75, 3.05) is 11.1 Å². The Bertz CT molecular complexity index is 651. The molecule has 0 bridgehead atoms. The highest BCUT2D eigenvalue weighted by atomic mass is 32.2. The van der Waals surface area contributed by atoms with Crippen LogP contribution in [-0.2, 0) is 11.2 Å². The molecule has 0 radical (unpaired) electrons. The van der Waals surface area contributed by atoms with Gasteiger partial charge in [-0.15, -0.1) is 11.8 Å². The number of thioether (sulfide) groups is 1. The van der Waals surface area contributed by atoms with Crippen LogP contribution < -0.4 is 5.32 Å². The molecule has 0 heterocycles. The van der Waals surface area contributed by atoms with Crippen molar-refractivity contribution in [1.29, 1.82) is 0 Å². The second-order valence-corrected chi connectivity index (χ2v) is 7.00. The van der Waals surface area contributed by atoms with Crippen LogP contribution in [0.25, 0.3) is 0 Å². The number of anilines is 1. The number of hydrogen-bond donors (Lipinski definition) is 1. The zero-order valence-corrected chi connectivity index (χ0v) is 13.7. The minimum Gasteiger partial charge on any atom is -0.325 e. The Morgan fingerprint density at radius 2 is 1.95 bits per heavy atom. The van der Waals surface area contributed by atoms with E-state index in [1.54, 1.807) is 11.8 Å². The average Bonchev–Trinajstić information content (AvgIpc) is 2.55. The molecule has 114 valence electrons. The van der Waals surface area contributed by atoms with E-state index in [1.165, 1.54) is 36.0 Å². The fourth-order valence-electron chi connectivity index (χ4n) is 2.89. The highest BCUT2D eigenvalue weighted by Gasteiger charge is 2.20. The predicted octanol–water partition coefficient (Wildman–Crippen LogP) is 4.74. The number of benzene rings is 2. The van der Waals surface area contributed by atoms with E-state index in [0.29, 0.717) is 11.0 Å². The van der Waals surface area contributed by atoms with E-state index in [-0.39, 0.29) is 5.91 Å². The quantitative estimate of drug-likeness (QED) is 0.883. The zero-order valence-electron chi connectivity index (χ0n) is 12.8. The lowest BCUT2D eigenvalue weighted by atomic mass is 9.91. The van der Waals surface area contributed by atoms with Crippen LogP contribution in [0.1, 0.15) is 34.8 Å². The van der Waals surface area contributed by atoms with E-state index in [9.17, 15) is 4.79 Å². The minimum absolute atomic E-state index is 0.0805. The lowest BCUT2D eigenvalue weighted by Gasteiger charge is -2.24. The van der Waals surface area contributed by atoms with Gasteiger partial charge in [-0.1, -0.05) is 42.0 Å². The van der Waals surface area contributed by atoms with Gasteiger partial charge in [-0.3, -0.25) is 4.79 Å². The molecular weight excluding hydrogens is 290 g/mol. The van der Waals surface area contributed by atoms with Gasteiger partial charge >= 0.3 is 0 Å². The Hall–Kier alpha value is -1.74. The Kier molecular flexibility index (Phi) is 4.84. The number of carbonyl (C=O) groups excluding carboxylic acids is 1. The smallest absolute Gasteiger partial charge is 0.234 e. The van der Waals surface area contributed by atoms with Gasteiger partial charge in [0.05, 0.1) is 5.75 Å². The van der Waals surface area contributed by atoms with E-state index >= 15 is 0 Å². The average molecular weight is 311 g/mol. The van der Waals surface area contributed by atoms with Gasteiger partial charge in [0.15, 0.2) is 0 Å². The fraction of sp³-hybridized carbons (Fsp3) is 0.316. The van der Waals surface area contributed by atoms with E-state index in [1.807, 2.05) is 31.2 Å². The molecule has 1 unspecified atom stereocenters. The first-order valence-corrected chi connectivity index (χ1v) is 8.83. The third-order valence-electron chi connectivity index (χ3n) is 4.07. The van der Waals surface area contributed by atoms with E-state index in [4.69, 9.17) is 0 Å². The number of hydrogen-bond acceptors (Lipinski definition) is 2. The van der Waals surface area contributed by atoms with Crippen molar-refractivity contribution in [3.05, 3.63) is 65.2 Å². The zero-order chi connectivity index (χ0) is 15.4.